The van der Waals surface area contributed by atoms with Crippen LogP contribution in [-0.2, 0) is 4.79 Å². The van der Waals surface area contributed by atoms with Gasteiger partial charge in [0.1, 0.15) is 5.75 Å². The number of nitrogens with one attached hydrogen (secondary N) is 2. The van der Waals surface area contributed by atoms with Crippen LogP contribution in [0.1, 0.15) is 62.3 Å². The number of carbonyl (C=O) groups excluding carboxylic acids is 1. The molecule has 1 aliphatic heterocycles. The highest BCUT2D eigenvalue weighted by atomic mass is 16.5. The Kier molecular flexibility index (Phi) is 5.07. The Morgan fingerprint density at radius 1 is 1.07 bits per heavy atom. The largest absolute Gasteiger partial charge is 0.491 e. The summed E-state index contributed by atoms with van der Waals surface area (Å²) in [6.07, 6.45) is 5.65. The maximum absolute atomic E-state index is 12.5. The van der Waals surface area contributed by atoms with Gasteiger partial charge in [0.25, 0.3) is 5.56 Å². The predicted molar refractivity (Wildman–Crippen MR) is 109 cm³/mol. The Bertz CT molecular complexity index is 953. The zero-order valence-corrected chi connectivity index (χ0v) is 16.3. The maximum Gasteiger partial charge on any atom is 0.251 e. The summed E-state index contributed by atoms with van der Waals surface area (Å²) in [4.78, 5) is 27.2. The second-order valence-corrected chi connectivity index (χ2v) is 7.91. The van der Waals surface area contributed by atoms with Crippen molar-refractivity contribution < 1.29 is 9.53 Å². The Morgan fingerprint density at radius 3 is 2.39 bits per heavy atom. The highest BCUT2D eigenvalue weighted by Gasteiger charge is 2.26. The number of aromatic amines is 1. The molecule has 2 aromatic rings. The molecule has 5 heteroatoms. The second kappa shape index (κ2) is 7.66. The van der Waals surface area contributed by atoms with Gasteiger partial charge in [0.2, 0.25) is 5.91 Å². The number of H-pyrrole nitrogens is 1. The molecule has 146 valence electrons. The van der Waals surface area contributed by atoms with Crippen LogP contribution in [0.4, 0.5) is 0 Å². The van der Waals surface area contributed by atoms with Gasteiger partial charge in [-0.05, 0) is 62.8 Å². The monoisotopic (exact) mass is 378 g/mol. The summed E-state index contributed by atoms with van der Waals surface area (Å²) in [5.41, 5.74) is 3.53. The summed E-state index contributed by atoms with van der Waals surface area (Å²) >= 11 is 0. The van der Waals surface area contributed by atoms with Crippen LogP contribution in [0.3, 0.4) is 0 Å². The maximum atomic E-state index is 12.5. The molecule has 1 saturated carbocycles. The smallest absolute Gasteiger partial charge is 0.251 e. The van der Waals surface area contributed by atoms with E-state index < -0.39 is 0 Å². The number of benzene rings is 1. The van der Waals surface area contributed by atoms with Crippen molar-refractivity contribution in [1.29, 1.82) is 0 Å². The van der Waals surface area contributed by atoms with Crippen LogP contribution < -0.4 is 15.6 Å². The van der Waals surface area contributed by atoms with Gasteiger partial charge in [-0.1, -0.05) is 24.3 Å². The van der Waals surface area contributed by atoms with Gasteiger partial charge in [-0.15, -0.1) is 0 Å². The van der Waals surface area contributed by atoms with Crippen molar-refractivity contribution in [2.24, 2.45) is 0 Å². The molecule has 4 rings (SSSR count). The van der Waals surface area contributed by atoms with Crippen molar-refractivity contribution in [3.63, 3.8) is 0 Å². The van der Waals surface area contributed by atoms with Crippen molar-refractivity contribution in [3.05, 3.63) is 69.6 Å². The van der Waals surface area contributed by atoms with Crippen molar-refractivity contribution in [2.45, 2.75) is 57.6 Å². The lowest BCUT2D eigenvalue weighted by Gasteiger charge is -2.14. The zero-order chi connectivity index (χ0) is 19.7. The molecule has 1 amide bonds. The third kappa shape index (κ3) is 4.19. The van der Waals surface area contributed by atoms with Gasteiger partial charge >= 0.3 is 0 Å². The minimum Gasteiger partial charge on any atom is -0.491 e. The van der Waals surface area contributed by atoms with E-state index in [0.29, 0.717) is 12.3 Å². The number of hydrogen-bond donors (Lipinski definition) is 2. The Morgan fingerprint density at radius 2 is 1.82 bits per heavy atom. The molecule has 2 aliphatic rings. The van der Waals surface area contributed by atoms with E-state index in [0.717, 1.165) is 47.4 Å². The molecule has 0 unspecified atom stereocenters. The molecule has 0 radical (unpaired) electrons. The normalized spacial score (nSPS) is 19.8. The fraction of sp³-hybridized carbons (Fsp3) is 0.391. The number of rotatable bonds is 6. The van der Waals surface area contributed by atoms with Gasteiger partial charge in [0.05, 0.1) is 6.10 Å². The molecule has 5 nitrogen and oxygen atoms in total. The third-order valence-electron chi connectivity index (χ3n) is 5.18. The molecule has 1 aliphatic carbocycles. The first kappa shape index (κ1) is 18.5. The highest BCUT2D eigenvalue weighted by Crippen LogP contribution is 2.38. The van der Waals surface area contributed by atoms with Crippen LogP contribution in [0.5, 0.6) is 5.75 Å². The molecule has 1 aromatic heterocycles. The Hall–Kier alpha value is -2.82. The lowest BCUT2D eigenvalue weighted by molar-refractivity contribution is -0.119. The van der Waals surface area contributed by atoms with Crippen LogP contribution >= 0.6 is 0 Å². The number of carbonyl (C=O) groups is 1. The van der Waals surface area contributed by atoms with Gasteiger partial charge < -0.3 is 15.0 Å². The summed E-state index contributed by atoms with van der Waals surface area (Å²) in [5.74, 6) is 1.29. The molecule has 28 heavy (non-hydrogen) atoms. The van der Waals surface area contributed by atoms with Gasteiger partial charge in [-0.3, -0.25) is 9.59 Å². The molecule has 2 fully saturated rings. The molecular weight excluding hydrogens is 352 g/mol. The lowest BCUT2D eigenvalue weighted by atomic mass is 9.98. The second-order valence-electron chi connectivity index (χ2n) is 7.91. The van der Waals surface area contributed by atoms with E-state index in [4.69, 9.17) is 4.74 Å². The van der Waals surface area contributed by atoms with Gasteiger partial charge in [-0.2, -0.15) is 0 Å². The molecule has 2 heterocycles. The summed E-state index contributed by atoms with van der Waals surface area (Å²) < 4.78 is 5.74. The standard InChI is InChI=1S/C23H26N2O3/c1-14(2)28-18-8-5-16(6-9-18)20(13-17-7-12-22(26)24-17)21-11-10-19(15-3-4-15)23(27)25-21/h5-6,8-11,13-15,17H,3-4,7,12H2,1-2H3,(H,24,26)(H,25,27)/b20-13+/t17-/m1/s1. The first-order valence-corrected chi connectivity index (χ1v) is 10.0. The average molecular weight is 378 g/mol. The van der Waals surface area contributed by atoms with Crippen LogP contribution in [-0.4, -0.2) is 23.0 Å². The van der Waals surface area contributed by atoms with Crippen molar-refractivity contribution in [2.75, 3.05) is 0 Å². The SMILES string of the molecule is CC(C)Oc1ccc(/C(=C\[C@H]2CCC(=O)N2)c2ccc(C3CC3)c(=O)[nH]2)cc1. The van der Waals surface area contributed by atoms with Crippen molar-refractivity contribution >= 4 is 11.5 Å². The first-order chi connectivity index (χ1) is 13.5. The molecule has 0 bridgehead atoms. The van der Waals surface area contributed by atoms with Crippen molar-refractivity contribution in [3.8, 4) is 5.75 Å². The van der Waals surface area contributed by atoms with Gasteiger partial charge in [0.15, 0.2) is 0 Å². The summed E-state index contributed by atoms with van der Waals surface area (Å²) in [7, 11) is 0. The zero-order valence-electron chi connectivity index (χ0n) is 16.3. The van der Waals surface area contributed by atoms with E-state index in [1.165, 1.54) is 0 Å². The van der Waals surface area contributed by atoms with Crippen LogP contribution in [0, 0.1) is 0 Å². The van der Waals surface area contributed by atoms with E-state index in [-0.39, 0.29) is 23.6 Å². The van der Waals surface area contributed by atoms with E-state index in [1.54, 1.807) is 0 Å². The van der Waals surface area contributed by atoms with Gasteiger partial charge in [0, 0.05) is 29.3 Å². The van der Waals surface area contributed by atoms with Crippen LogP contribution in [0.25, 0.3) is 5.57 Å². The molecule has 2 N–H and O–H groups in total. The summed E-state index contributed by atoms with van der Waals surface area (Å²) in [6.45, 7) is 3.99. The topological polar surface area (TPSA) is 71.2 Å². The minimum absolute atomic E-state index is 0.0129. The van der Waals surface area contributed by atoms with E-state index in [2.05, 4.69) is 10.3 Å². The average Bonchev–Trinajstić information content (AvgIpc) is 3.41. The number of hydrogen-bond acceptors (Lipinski definition) is 3. The molecular formula is C23H26N2O3. The number of aromatic nitrogens is 1. The summed E-state index contributed by atoms with van der Waals surface area (Å²) in [5, 5.41) is 2.98. The van der Waals surface area contributed by atoms with E-state index >= 15 is 0 Å². The Balaban J connectivity index is 1.69. The highest BCUT2D eigenvalue weighted by molar-refractivity contribution is 5.82. The van der Waals surface area contributed by atoms with E-state index in [1.807, 2.05) is 56.3 Å². The molecule has 0 spiro atoms. The quantitative estimate of drug-likeness (QED) is 0.804. The van der Waals surface area contributed by atoms with Crippen LogP contribution in [0.15, 0.2) is 47.3 Å². The Labute approximate surface area is 164 Å². The van der Waals surface area contributed by atoms with E-state index in [9.17, 15) is 9.59 Å². The number of pyridine rings is 1. The lowest BCUT2D eigenvalue weighted by Crippen LogP contribution is -2.23. The van der Waals surface area contributed by atoms with Crippen LogP contribution in [0.2, 0.25) is 0 Å². The number of ether oxygens (including phenoxy) is 1. The predicted octanol–water partition coefficient (Wildman–Crippen LogP) is 3.75. The summed E-state index contributed by atoms with van der Waals surface area (Å²) in [6, 6.07) is 11.8. The minimum atomic E-state index is -0.0271. The fourth-order valence-corrected chi connectivity index (χ4v) is 3.65. The molecule has 1 saturated heterocycles. The first-order valence-electron chi connectivity index (χ1n) is 10.0. The fourth-order valence-electron chi connectivity index (χ4n) is 3.65. The third-order valence-corrected chi connectivity index (χ3v) is 5.18. The molecule has 1 aromatic carbocycles. The number of amides is 1. The van der Waals surface area contributed by atoms with Crippen molar-refractivity contribution in [1.82, 2.24) is 10.3 Å². The van der Waals surface area contributed by atoms with Gasteiger partial charge in [-0.25, -0.2) is 0 Å². The molecule has 1 atom stereocenters.